The fourth-order valence-electron chi connectivity index (χ4n) is 3.09. The Bertz CT molecular complexity index is 1210. The first kappa shape index (κ1) is 26.7. The number of nitro groups is 1. The van der Waals surface area contributed by atoms with Gasteiger partial charge in [0.25, 0.3) is 11.6 Å². The molecule has 10 heteroatoms. The minimum absolute atomic E-state index is 0.0173. The number of halogens is 1. The third-order valence-electron chi connectivity index (χ3n) is 4.83. The number of hydrogen-bond acceptors (Lipinski definition) is 7. The molecule has 0 aromatic heterocycles. The molecule has 0 radical (unpaired) electrons. The Morgan fingerprint density at radius 3 is 2.42 bits per heavy atom. The molecule has 9 nitrogen and oxygen atoms in total. The number of benzene rings is 3. The van der Waals surface area contributed by atoms with Crippen molar-refractivity contribution in [3.63, 3.8) is 0 Å². The van der Waals surface area contributed by atoms with E-state index in [0.29, 0.717) is 46.1 Å². The SMILES string of the molecule is CCCOc1ccc(C(=O)N/N=C\c2cc(Br)c(OCc3ccc([N+](=O)[O-])cc3)c(OCC)c2)cc1. The number of amides is 1. The highest BCUT2D eigenvalue weighted by molar-refractivity contribution is 9.10. The van der Waals surface area contributed by atoms with E-state index in [1.54, 1.807) is 48.5 Å². The third-order valence-corrected chi connectivity index (χ3v) is 5.42. The zero-order valence-corrected chi connectivity index (χ0v) is 21.5. The van der Waals surface area contributed by atoms with Crippen molar-refractivity contribution in [2.24, 2.45) is 5.10 Å². The number of non-ortho nitro benzene ring substituents is 1. The molecular formula is C26H26BrN3O6. The zero-order valence-electron chi connectivity index (χ0n) is 19.9. The summed E-state index contributed by atoms with van der Waals surface area (Å²) in [6, 6.07) is 16.5. The van der Waals surface area contributed by atoms with E-state index in [2.05, 4.69) is 26.5 Å². The van der Waals surface area contributed by atoms with E-state index in [1.165, 1.54) is 18.3 Å². The Morgan fingerprint density at radius 1 is 1.06 bits per heavy atom. The van der Waals surface area contributed by atoms with Gasteiger partial charge in [-0.3, -0.25) is 14.9 Å². The predicted octanol–water partition coefficient (Wildman–Crippen LogP) is 5.89. The van der Waals surface area contributed by atoms with Crippen molar-refractivity contribution in [1.82, 2.24) is 5.43 Å². The molecule has 3 rings (SSSR count). The van der Waals surface area contributed by atoms with Gasteiger partial charge in [-0.15, -0.1) is 0 Å². The van der Waals surface area contributed by atoms with Gasteiger partial charge in [0, 0.05) is 17.7 Å². The van der Waals surface area contributed by atoms with Crippen LogP contribution in [-0.2, 0) is 6.61 Å². The summed E-state index contributed by atoms with van der Waals surface area (Å²) in [4.78, 5) is 22.8. The second-order valence-corrected chi connectivity index (χ2v) is 8.40. The average Bonchev–Trinajstić information content (AvgIpc) is 2.87. The van der Waals surface area contributed by atoms with Gasteiger partial charge in [-0.2, -0.15) is 5.10 Å². The maximum absolute atomic E-state index is 12.4. The van der Waals surface area contributed by atoms with Crippen molar-refractivity contribution in [3.8, 4) is 17.2 Å². The van der Waals surface area contributed by atoms with Gasteiger partial charge >= 0.3 is 0 Å². The Morgan fingerprint density at radius 2 is 1.78 bits per heavy atom. The van der Waals surface area contributed by atoms with Crippen LogP contribution in [-0.4, -0.2) is 30.3 Å². The van der Waals surface area contributed by atoms with Crippen molar-refractivity contribution in [1.29, 1.82) is 0 Å². The molecular weight excluding hydrogens is 530 g/mol. The lowest BCUT2D eigenvalue weighted by Crippen LogP contribution is -2.17. The number of carbonyl (C=O) groups excluding carboxylic acids is 1. The van der Waals surface area contributed by atoms with Crippen LogP contribution in [0.1, 0.15) is 41.8 Å². The second kappa shape index (κ2) is 13.2. The van der Waals surface area contributed by atoms with Crippen LogP contribution < -0.4 is 19.6 Å². The summed E-state index contributed by atoms with van der Waals surface area (Å²) in [6.07, 6.45) is 2.41. The van der Waals surface area contributed by atoms with E-state index < -0.39 is 4.92 Å². The van der Waals surface area contributed by atoms with Crippen molar-refractivity contribution in [2.45, 2.75) is 26.9 Å². The van der Waals surface area contributed by atoms with Crippen LogP contribution in [0, 0.1) is 10.1 Å². The molecule has 0 spiro atoms. The Kier molecular flexibility index (Phi) is 9.82. The molecule has 1 N–H and O–H groups in total. The molecule has 0 bridgehead atoms. The summed E-state index contributed by atoms with van der Waals surface area (Å²) in [7, 11) is 0. The number of hydrazone groups is 1. The van der Waals surface area contributed by atoms with E-state index in [4.69, 9.17) is 14.2 Å². The molecule has 0 aliphatic rings. The first-order valence-corrected chi connectivity index (χ1v) is 12.1. The number of nitro benzene ring substituents is 1. The van der Waals surface area contributed by atoms with Crippen molar-refractivity contribution >= 4 is 33.7 Å². The predicted molar refractivity (Wildman–Crippen MR) is 140 cm³/mol. The lowest BCUT2D eigenvalue weighted by molar-refractivity contribution is -0.384. The van der Waals surface area contributed by atoms with Gasteiger partial charge in [-0.05, 0) is 88.9 Å². The van der Waals surface area contributed by atoms with Gasteiger partial charge < -0.3 is 14.2 Å². The van der Waals surface area contributed by atoms with Gasteiger partial charge in [0.15, 0.2) is 11.5 Å². The summed E-state index contributed by atoms with van der Waals surface area (Å²) in [6.45, 7) is 5.11. The summed E-state index contributed by atoms with van der Waals surface area (Å²) < 4.78 is 17.8. The van der Waals surface area contributed by atoms with Crippen LogP contribution in [0.4, 0.5) is 5.69 Å². The molecule has 3 aromatic carbocycles. The van der Waals surface area contributed by atoms with E-state index in [9.17, 15) is 14.9 Å². The molecule has 0 aliphatic carbocycles. The Balaban J connectivity index is 1.65. The van der Waals surface area contributed by atoms with Crippen LogP contribution in [0.15, 0.2) is 70.2 Å². The Hall–Kier alpha value is -3.92. The first-order valence-electron chi connectivity index (χ1n) is 11.3. The molecule has 0 saturated heterocycles. The number of ether oxygens (including phenoxy) is 3. The van der Waals surface area contributed by atoms with E-state index in [1.807, 2.05) is 13.8 Å². The van der Waals surface area contributed by atoms with Crippen LogP contribution in [0.25, 0.3) is 0 Å². The lowest BCUT2D eigenvalue weighted by Gasteiger charge is -2.14. The van der Waals surface area contributed by atoms with E-state index >= 15 is 0 Å². The first-order chi connectivity index (χ1) is 17.4. The zero-order chi connectivity index (χ0) is 25.9. The van der Waals surface area contributed by atoms with E-state index in [0.717, 1.165) is 12.0 Å². The van der Waals surface area contributed by atoms with Gasteiger partial charge in [0.05, 0.1) is 28.8 Å². The molecule has 1 amide bonds. The number of nitrogens with zero attached hydrogens (tertiary/aromatic N) is 2. The maximum atomic E-state index is 12.4. The summed E-state index contributed by atoms with van der Waals surface area (Å²) >= 11 is 3.50. The largest absolute Gasteiger partial charge is 0.494 e. The van der Waals surface area contributed by atoms with Crippen molar-refractivity contribution in [2.75, 3.05) is 13.2 Å². The molecule has 188 valence electrons. The summed E-state index contributed by atoms with van der Waals surface area (Å²) in [5.74, 6) is 1.34. The monoisotopic (exact) mass is 555 g/mol. The van der Waals surface area contributed by atoms with Gasteiger partial charge in [0.1, 0.15) is 12.4 Å². The molecule has 0 heterocycles. The van der Waals surface area contributed by atoms with Gasteiger partial charge in [-0.25, -0.2) is 5.43 Å². The fraction of sp³-hybridized carbons (Fsp3) is 0.231. The average molecular weight is 556 g/mol. The van der Waals surface area contributed by atoms with Crippen LogP contribution in [0.2, 0.25) is 0 Å². The maximum Gasteiger partial charge on any atom is 0.271 e. The standard InChI is InChI=1S/C26H26BrN3O6/c1-3-13-35-22-11-7-20(8-12-22)26(31)29-28-16-19-14-23(27)25(24(15-19)34-4-2)36-17-18-5-9-21(10-6-18)30(32)33/h5-12,14-16H,3-4,13,17H2,1-2H3,(H,29,31)/b28-16-. The summed E-state index contributed by atoms with van der Waals surface area (Å²) in [5, 5.41) is 14.9. The number of hydrogen-bond donors (Lipinski definition) is 1. The van der Waals surface area contributed by atoms with Crippen LogP contribution in [0.3, 0.4) is 0 Å². The molecule has 3 aromatic rings. The second-order valence-electron chi connectivity index (χ2n) is 7.55. The van der Waals surface area contributed by atoms with Gasteiger partial charge in [0.2, 0.25) is 0 Å². The number of carbonyl (C=O) groups is 1. The molecule has 0 aliphatic heterocycles. The minimum atomic E-state index is -0.448. The molecule has 0 fully saturated rings. The number of nitrogens with one attached hydrogen (secondary N) is 1. The minimum Gasteiger partial charge on any atom is -0.494 e. The topological polar surface area (TPSA) is 112 Å². The van der Waals surface area contributed by atoms with Crippen molar-refractivity contribution < 1.29 is 23.9 Å². The molecule has 0 unspecified atom stereocenters. The smallest absolute Gasteiger partial charge is 0.271 e. The Labute approximate surface area is 217 Å². The lowest BCUT2D eigenvalue weighted by atomic mass is 10.2. The van der Waals surface area contributed by atoms with Gasteiger partial charge in [-0.1, -0.05) is 6.92 Å². The molecule has 36 heavy (non-hydrogen) atoms. The highest BCUT2D eigenvalue weighted by Crippen LogP contribution is 2.37. The third kappa shape index (κ3) is 7.54. The fourth-order valence-corrected chi connectivity index (χ4v) is 3.66. The molecule has 0 atom stereocenters. The van der Waals surface area contributed by atoms with Crippen molar-refractivity contribution in [3.05, 3.63) is 91.9 Å². The number of rotatable bonds is 12. The van der Waals surface area contributed by atoms with Crippen LogP contribution >= 0.6 is 15.9 Å². The quantitative estimate of drug-likeness (QED) is 0.169. The highest BCUT2D eigenvalue weighted by Gasteiger charge is 2.13. The normalized spacial score (nSPS) is 10.8. The van der Waals surface area contributed by atoms with E-state index in [-0.39, 0.29) is 18.2 Å². The highest BCUT2D eigenvalue weighted by atomic mass is 79.9. The summed E-state index contributed by atoms with van der Waals surface area (Å²) in [5.41, 5.74) is 4.44. The van der Waals surface area contributed by atoms with Crippen LogP contribution in [0.5, 0.6) is 17.2 Å². The molecule has 0 saturated carbocycles.